The molecular weight excluding hydrogens is 1090 g/mol. The van der Waals surface area contributed by atoms with Gasteiger partial charge in [0.1, 0.15) is 0 Å². The van der Waals surface area contributed by atoms with Crippen molar-refractivity contribution in [1.82, 2.24) is 0 Å². The molecule has 0 saturated heterocycles. The summed E-state index contributed by atoms with van der Waals surface area (Å²) in [4.78, 5) is 28.3. The molecule has 0 bridgehead atoms. The third-order valence-electron chi connectivity index (χ3n) is 20.1. The fourth-order valence-electron chi connectivity index (χ4n) is 14.2. The van der Waals surface area contributed by atoms with Crippen LogP contribution in [0.2, 0.25) is 0 Å². The molecule has 524 valence electrons. The maximum atomic E-state index is 16.5. The van der Waals surface area contributed by atoms with Gasteiger partial charge in [0.05, 0.1) is 28.3 Å². The fourth-order valence-corrected chi connectivity index (χ4v) is 14.2. The van der Waals surface area contributed by atoms with Gasteiger partial charge >= 0.3 is 0 Å². The predicted octanol–water partition coefficient (Wildman–Crippen LogP) is 28.1. The van der Waals surface area contributed by atoms with Crippen molar-refractivity contribution in [2.75, 3.05) is 72.0 Å². The Kier molecular flexibility index (Phi) is 57.8. The minimum absolute atomic E-state index is 0.244. The van der Waals surface area contributed by atoms with Gasteiger partial charge in [-0.25, -0.2) is 0 Å². The molecule has 0 heterocycles. The lowest BCUT2D eigenvalue weighted by atomic mass is 9.94. The summed E-state index contributed by atoms with van der Waals surface area (Å²) in [5.74, 6) is 0.244. The third-order valence-corrected chi connectivity index (χ3v) is 20.1. The molecule has 0 saturated carbocycles. The quantitative estimate of drug-likeness (QED) is 0.0486. The SMILES string of the molecule is CCCCCCCCCN(CCCCCCCCC)c1cc(C(=O)c2ccccc2)c(N(CCCCCCCCC)CCCCCCCCC)c(N(CCCCCCCCC)CCCCCCCCC)c1N(CCCCCCCCC)CCCCCCCCC. The number of carbonyl (C=O) groups is 1. The summed E-state index contributed by atoms with van der Waals surface area (Å²) in [5.41, 5.74) is 7.60. The smallest absolute Gasteiger partial charge is 0.195 e. The van der Waals surface area contributed by atoms with Crippen molar-refractivity contribution in [3.8, 4) is 0 Å². The zero-order chi connectivity index (χ0) is 64.8. The lowest BCUT2D eigenvalue weighted by Crippen LogP contribution is -2.38. The number of benzene rings is 2. The maximum absolute atomic E-state index is 16.5. The van der Waals surface area contributed by atoms with Crippen LogP contribution in [0.4, 0.5) is 22.7 Å². The van der Waals surface area contributed by atoms with E-state index < -0.39 is 0 Å². The van der Waals surface area contributed by atoms with E-state index in [9.17, 15) is 0 Å². The highest BCUT2D eigenvalue weighted by atomic mass is 16.1. The zero-order valence-corrected chi connectivity index (χ0v) is 62.4. The summed E-state index contributed by atoms with van der Waals surface area (Å²) >= 11 is 0. The number of anilines is 4. The molecule has 0 amide bonds. The average molecular weight is 1250 g/mol. The molecular formula is C85H158N4O. The minimum Gasteiger partial charge on any atom is -0.370 e. The van der Waals surface area contributed by atoms with Gasteiger partial charge in [0.25, 0.3) is 0 Å². The van der Waals surface area contributed by atoms with E-state index in [0.29, 0.717) is 0 Å². The molecule has 0 aliphatic heterocycles. The Labute approximate surface area is 564 Å². The first-order valence-electron chi connectivity index (χ1n) is 41.3. The normalized spacial score (nSPS) is 11.6. The number of carbonyl (C=O) groups excluding carboxylic acids is 1. The Bertz CT molecular complexity index is 1760. The largest absolute Gasteiger partial charge is 0.370 e. The van der Waals surface area contributed by atoms with Gasteiger partial charge in [0.2, 0.25) is 0 Å². The van der Waals surface area contributed by atoms with E-state index in [0.717, 1.165) is 63.5 Å². The van der Waals surface area contributed by atoms with Crippen molar-refractivity contribution < 1.29 is 4.79 Å². The molecule has 0 fully saturated rings. The summed E-state index contributed by atoms with van der Waals surface area (Å²) in [5, 5.41) is 0. The number of hydrogen-bond acceptors (Lipinski definition) is 5. The molecule has 5 heteroatoms. The molecule has 0 N–H and O–H groups in total. The summed E-state index contributed by atoms with van der Waals surface area (Å²) in [6, 6.07) is 13.3. The van der Waals surface area contributed by atoms with E-state index >= 15 is 4.79 Å². The van der Waals surface area contributed by atoms with Gasteiger partial charge in [-0.05, 0) is 57.4 Å². The third kappa shape index (κ3) is 41.2. The standard InChI is InChI=1S/C85H158N4O/c1-9-17-25-33-41-49-60-70-86(71-61-50-42-34-26-18-10-2)81-78-80(85(90)79-68-58-57-59-69-79)82(87(72-62-51-43-35-27-19-11-3)73-63-52-44-36-28-20-12-4)84(89(76-66-55-47-39-31-23-15-7)77-67-56-48-40-32-24-16-8)83(81)88(74-64-53-45-37-29-21-13-5)75-65-54-46-38-30-22-14-6/h57-59,68-69,78H,9-56,60-67,70-77H2,1-8H3. The second kappa shape index (κ2) is 62.4. The molecule has 2 aromatic carbocycles. The van der Waals surface area contributed by atoms with E-state index in [2.05, 4.69) is 111 Å². The van der Waals surface area contributed by atoms with Crippen LogP contribution in [0.1, 0.15) is 431 Å². The molecule has 2 rings (SSSR count). The molecule has 0 aliphatic rings. The molecule has 5 nitrogen and oxygen atoms in total. The Morgan fingerprint density at radius 2 is 0.433 bits per heavy atom. The fraction of sp³-hybridized carbons (Fsp3) is 0.847. The Balaban J connectivity index is 3.38. The molecule has 0 unspecified atom stereocenters. The molecule has 0 radical (unpaired) electrons. The molecule has 0 aliphatic carbocycles. The van der Waals surface area contributed by atoms with Crippen LogP contribution in [-0.4, -0.2) is 58.1 Å². The van der Waals surface area contributed by atoms with Crippen LogP contribution in [0.15, 0.2) is 36.4 Å². The summed E-state index contributed by atoms with van der Waals surface area (Å²) in [7, 11) is 0. The van der Waals surface area contributed by atoms with E-state index in [4.69, 9.17) is 0 Å². The summed E-state index contributed by atoms with van der Waals surface area (Å²) in [6.45, 7) is 27.5. The first kappa shape index (κ1) is 83.4. The maximum Gasteiger partial charge on any atom is 0.195 e. The van der Waals surface area contributed by atoms with Gasteiger partial charge in [0, 0.05) is 57.9 Å². The van der Waals surface area contributed by atoms with E-state index in [1.165, 1.54) is 382 Å². The number of nitrogens with zero attached hydrogens (tertiary/aromatic N) is 4. The van der Waals surface area contributed by atoms with Crippen LogP contribution in [0, 0.1) is 0 Å². The van der Waals surface area contributed by atoms with Gasteiger partial charge < -0.3 is 19.6 Å². The van der Waals surface area contributed by atoms with Crippen molar-refractivity contribution in [2.24, 2.45) is 0 Å². The number of ketones is 1. The van der Waals surface area contributed by atoms with E-state index in [1.807, 2.05) is 0 Å². The second-order valence-corrected chi connectivity index (χ2v) is 28.6. The van der Waals surface area contributed by atoms with Gasteiger partial charge in [-0.15, -0.1) is 0 Å². The second-order valence-electron chi connectivity index (χ2n) is 28.6. The van der Waals surface area contributed by atoms with Crippen molar-refractivity contribution in [3.05, 3.63) is 47.5 Å². The van der Waals surface area contributed by atoms with Gasteiger partial charge in [-0.1, -0.05) is 394 Å². The zero-order valence-electron chi connectivity index (χ0n) is 62.4. The van der Waals surface area contributed by atoms with E-state index in [1.54, 1.807) is 0 Å². The lowest BCUT2D eigenvalue weighted by Gasteiger charge is -2.42. The molecule has 0 atom stereocenters. The van der Waals surface area contributed by atoms with Crippen LogP contribution in [0.25, 0.3) is 0 Å². The topological polar surface area (TPSA) is 30.0 Å². The predicted molar refractivity (Wildman–Crippen MR) is 409 cm³/mol. The van der Waals surface area contributed by atoms with Gasteiger partial charge in [-0.2, -0.15) is 0 Å². The number of unbranched alkanes of at least 4 members (excludes halogenated alkanes) is 48. The van der Waals surface area contributed by atoms with Crippen molar-refractivity contribution in [2.45, 2.75) is 415 Å². The summed E-state index contributed by atoms with van der Waals surface area (Å²) in [6.07, 6.45) is 73.8. The Morgan fingerprint density at radius 1 is 0.233 bits per heavy atom. The Hall–Kier alpha value is -2.69. The number of hydrogen-bond donors (Lipinski definition) is 0. The first-order valence-corrected chi connectivity index (χ1v) is 41.3. The monoisotopic (exact) mass is 1250 g/mol. The molecule has 0 spiro atoms. The van der Waals surface area contributed by atoms with Crippen LogP contribution >= 0.6 is 0 Å². The molecule has 0 aromatic heterocycles. The lowest BCUT2D eigenvalue weighted by molar-refractivity contribution is 0.103. The highest BCUT2D eigenvalue weighted by Crippen LogP contribution is 2.50. The van der Waals surface area contributed by atoms with E-state index in [-0.39, 0.29) is 5.78 Å². The highest BCUT2D eigenvalue weighted by molar-refractivity contribution is 6.16. The van der Waals surface area contributed by atoms with Crippen molar-refractivity contribution >= 4 is 28.5 Å². The Morgan fingerprint density at radius 3 is 0.678 bits per heavy atom. The van der Waals surface area contributed by atoms with Gasteiger partial charge in [0.15, 0.2) is 5.78 Å². The van der Waals surface area contributed by atoms with Crippen LogP contribution in [0.3, 0.4) is 0 Å². The molecule has 90 heavy (non-hydrogen) atoms. The molecule has 2 aromatic rings. The van der Waals surface area contributed by atoms with Crippen LogP contribution in [-0.2, 0) is 0 Å². The number of rotatable bonds is 70. The van der Waals surface area contributed by atoms with Crippen molar-refractivity contribution in [3.63, 3.8) is 0 Å². The average Bonchev–Trinajstić information content (AvgIpc) is 0.764. The van der Waals surface area contributed by atoms with Crippen LogP contribution < -0.4 is 19.6 Å². The first-order chi connectivity index (χ1) is 44.5. The van der Waals surface area contributed by atoms with Crippen molar-refractivity contribution in [1.29, 1.82) is 0 Å². The highest BCUT2D eigenvalue weighted by Gasteiger charge is 2.33. The van der Waals surface area contributed by atoms with Gasteiger partial charge in [-0.3, -0.25) is 4.79 Å². The van der Waals surface area contributed by atoms with Crippen LogP contribution in [0.5, 0.6) is 0 Å². The summed E-state index contributed by atoms with van der Waals surface area (Å²) < 4.78 is 0. The minimum atomic E-state index is 0.244.